The van der Waals surface area contributed by atoms with E-state index in [-0.39, 0.29) is 11.1 Å². The smallest absolute Gasteiger partial charge is 0.142 e. The first kappa shape index (κ1) is 10.9. The Kier molecular flexibility index (Phi) is 2.71. The van der Waals surface area contributed by atoms with E-state index in [0.29, 0.717) is 19.3 Å². The second-order valence-corrected chi connectivity index (χ2v) is 4.73. The molecule has 1 aromatic rings. The van der Waals surface area contributed by atoms with Gasteiger partial charge in [0.25, 0.3) is 0 Å². The molecule has 3 N–H and O–H groups in total. The van der Waals surface area contributed by atoms with Crippen LogP contribution in [0.3, 0.4) is 0 Å². The molecular weight excluding hydrogens is 217 g/mol. The zero-order chi connectivity index (χ0) is 11.1. The molecule has 1 fully saturated rings. The number of hydrogen-bond donors (Lipinski definition) is 2. The minimum Gasteiger partial charge on any atom is -0.389 e. The first-order chi connectivity index (χ1) is 6.98. The molecule has 1 aromatic carbocycles. The van der Waals surface area contributed by atoms with E-state index in [1.807, 2.05) is 0 Å². The third kappa shape index (κ3) is 2.30. The number of aliphatic hydroxyl groups is 1. The molecule has 0 atom stereocenters. The van der Waals surface area contributed by atoms with Gasteiger partial charge in [-0.25, -0.2) is 4.39 Å². The van der Waals surface area contributed by atoms with Crippen LogP contribution in [0.25, 0.3) is 0 Å². The van der Waals surface area contributed by atoms with Gasteiger partial charge >= 0.3 is 0 Å². The molecule has 0 aliphatic heterocycles. The average Bonchev–Trinajstić information content (AvgIpc) is 2.09. The fourth-order valence-corrected chi connectivity index (χ4v) is 2.21. The molecule has 2 nitrogen and oxygen atoms in total. The lowest BCUT2D eigenvalue weighted by molar-refractivity contribution is -0.0455. The summed E-state index contributed by atoms with van der Waals surface area (Å²) >= 11 is 5.57. The number of nitrogens with two attached hydrogens (primary N) is 1. The van der Waals surface area contributed by atoms with Gasteiger partial charge in [0.2, 0.25) is 0 Å². The monoisotopic (exact) mass is 229 g/mol. The fraction of sp³-hybridized carbons (Fsp3) is 0.455. The summed E-state index contributed by atoms with van der Waals surface area (Å²) in [6, 6.07) is 4.68. The largest absolute Gasteiger partial charge is 0.389 e. The van der Waals surface area contributed by atoms with Crippen molar-refractivity contribution < 1.29 is 9.50 Å². The third-order valence-electron chi connectivity index (χ3n) is 2.80. The normalized spacial score (nSPS) is 30.0. The van der Waals surface area contributed by atoms with Crippen LogP contribution < -0.4 is 5.73 Å². The molecule has 0 spiro atoms. The van der Waals surface area contributed by atoms with Gasteiger partial charge in [0.15, 0.2) is 0 Å². The Bertz CT molecular complexity index is 377. The maximum atomic E-state index is 13.1. The average molecular weight is 230 g/mol. The Labute approximate surface area is 92.9 Å². The van der Waals surface area contributed by atoms with Gasteiger partial charge in [0.05, 0.1) is 10.6 Å². The van der Waals surface area contributed by atoms with Crippen LogP contribution >= 0.6 is 11.6 Å². The van der Waals surface area contributed by atoms with Crippen molar-refractivity contribution in [1.29, 1.82) is 0 Å². The second-order valence-electron chi connectivity index (χ2n) is 4.32. The molecule has 4 heteroatoms. The zero-order valence-corrected chi connectivity index (χ0v) is 8.97. The van der Waals surface area contributed by atoms with Gasteiger partial charge in [-0.1, -0.05) is 17.7 Å². The van der Waals surface area contributed by atoms with E-state index < -0.39 is 11.4 Å². The summed E-state index contributed by atoms with van der Waals surface area (Å²) in [6.07, 6.45) is 1.60. The number of benzene rings is 1. The van der Waals surface area contributed by atoms with Crippen LogP contribution in [0.4, 0.5) is 4.39 Å². The summed E-state index contributed by atoms with van der Waals surface area (Å²) in [4.78, 5) is 0. The predicted molar refractivity (Wildman–Crippen MR) is 57.3 cm³/mol. The van der Waals surface area contributed by atoms with Crippen LogP contribution in [0.15, 0.2) is 18.2 Å². The maximum Gasteiger partial charge on any atom is 0.142 e. The molecule has 0 saturated heterocycles. The van der Waals surface area contributed by atoms with Crippen molar-refractivity contribution in [2.24, 2.45) is 5.73 Å². The number of rotatable bonds is 2. The van der Waals surface area contributed by atoms with Crippen molar-refractivity contribution >= 4 is 11.6 Å². The van der Waals surface area contributed by atoms with Gasteiger partial charge in [-0.05, 0) is 30.5 Å². The summed E-state index contributed by atoms with van der Waals surface area (Å²) in [5, 5.41) is 10.1. The lowest BCUT2D eigenvalue weighted by Crippen LogP contribution is -2.52. The van der Waals surface area contributed by atoms with Gasteiger partial charge in [-0.3, -0.25) is 0 Å². The molecular formula is C11H13ClFNO. The SMILES string of the molecule is NC1CC(O)(Cc2ccc(Cl)c(F)c2)C1. The van der Waals surface area contributed by atoms with Gasteiger partial charge in [0, 0.05) is 12.5 Å². The van der Waals surface area contributed by atoms with E-state index in [1.54, 1.807) is 6.07 Å². The first-order valence-corrected chi connectivity index (χ1v) is 5.28. The van der Waals surface area contributed by atoms with Crippen LogP contribution in [0.5, 0.6) is 0 Å². The van der Waals surface area contributed by atoms with E-state index in [2.05, 4.69) is 0 Å². The highest BCUT2D eigenvalue weighted by molar-refractivity contribution is 6.30. The summed E-state index contributed by atoms with van der Waals surface area (Å²) in [6.45, 7) is 0. The lowest BCUT2D eigenvalue weighted by Gasteiger charge is -2.42. The van der Waals surface area contributed by atoms with E-state index in [1.165, 1.54) is 12.1 Å². The summed E-state index contributed by atoms with van der Waals surface area (Å²) in [5.41, 5.74) is 5.61. The maximum absolute atomic E-state index is 13.1. The van der Waals surface area contributed by atoms with Crippen molar-refractivity contribution in [3.63, 3.8) is 0 Å². The lowest BCUT2D eigenvalue weighted by atomic mass is 9.73. The van der Waals surface area contributed by atoms with Crippen molar-refractivity contribution in [3.05, 3.63) is 34.6 Å². The Hall–Kier alpha value is -0.640. The molecule has 82 valence electrons. The molecule has 1 aliphatic carbocycles. The van der Waals surface area contributed by atoms with Crippen LogP contribution in [-0.2, 0) is 6.42 Å². The van der Waals surface area contributed by atoms with E-state index in [0.717, 1.165) is 5.56 Å². The molecule has 1 aliphatic rings. The molecule has 0 aromatic heterocycles. The van der Waals surface area contributed by atoms with Crippen LogP contribution in [0, 0.1) is 5.82 Å². The van der Waals surface area contributed by atoms with Crippen LogP contribution in [0.1, 0.15) is 18.4 Å². The fourth-order valence-electron chi connectivity index (χ4n) is 2.09. The topological polar surface area (TPSA) is 46.2 Å². The highest BCUT2D eigenvalue weighted by atomic mass is 35.5. The standard InChI is InChI=1S/C11H13ClFNO/c12-9-2-1-7(3-10(9)13)4-11(15)5-8(14)6-11/h1-3,8,15H,4-6,14H2. The Balaban J connectivity index is 2.08. The molecule has 2 rings (SSSR count). The Morgan fingerprint density at radius 3 is 2.73 bits per heavy atom. The quantitative estimate of drug-likeness (QED) is 0.814. The Morgan fingerprint density at radius 1 is 1.53 bits per heavy atom. The van der Waals surface area contributed by atoms with Crippen LogP contribution in [-0.4, -0.2) is 16.7 Å². The van der Waals surface area contributed by atoms with Crippen molar-refractivity contribution in [3.8, 4) is 0 Å². The van der Waals surface area contributed by atoms with E-state index in [9.17, 15) is 9.50 Å². The van der Waals surface area contributed by atoms with Crippen molar-refractivity contribution in [1.82, 2.24) is 0 Å². The minimum absolute atomic E-state index is 0.0761. The predicted octanol–water partition coefficient (Wildman–Crippen LogP) is 1.87. The van der Waals surface area contributed by atoms with Crippen LogP contribution in [0.2, 0.25) is 5.02 Å². The minimum atomic E-state index is -0.750. The molecule has 0 amide bonds. The summed E-state index contributed by atoms with van der Waals surface area (Å²) in [7, 11) is 0. The number of hydrogen-bond acceptors (Lipinski definition) is 2. The third-order valence-corrected chi connectivity index (χ3v) is 3.11. The van der Waals surface area contributed by atoms with E-state index in [4.69, 9.17) is 17.3 Å². The summed E-state index contributed by atoms with van der Waals surface area (Å²) in [5.74, 6) is -0.443. The van der Waals surface area contributed by atoms with Gasteiger partial charge in [-0.15, -0.1) is 0 Å². The zero-order valence-electron chi connectivity index (χ0n) is 8.21. The first-order valence-electron chi connectivity index (χ1n) is 4.90. The molecule has 15 heavy (non-hydrogen) atoms. The number of halogens is 2. The van der Waals surface area contributed by atoms with Crippen molar-refractivity contribution in [2.45, 2.75) is 30.9 Å². The molecule has 0 radical (unpaired) electrons. The second kappa shape index (κ2) is 3.74. The van der Waals surface area contributed by atoms with E-state index >= 15 is 0 Å². The van der Waals surface area contributed by atoms with Gasteiger partial charge < -0.3 is 10.8 Å². The Morgan fingerprint density at radius 2 is 2.20 bits per heavy atom. The van der Waals surface area contributed by atoms with Gasteiger partial charge in [0.1, 0.15) is 5.82 Å². The molecule has 0 unspecified atom stereocenters. The van der Waals surface area contributed by atoms with Crippen molar-refractivity contribution in [2.75, 3.05) is 0 Å². The molecule has 0 heterocycles. The summed E-state index contributed by atoms with van der Waals surface area (Å²) < 4.78 is 13.1. The van der Waals surface area contributed by atoms with Gasteiger partial charge in [-0.2, -0.15) is 0 Å². The highest BCUT2D eigenvalue weighted by Crippen LogP contribution is 2.34. The highest BCUT2D eigenvalue weighted by Gasteiger charge is 2.40. The molecule has 0 bridgehead atoms. The molecule has 1 saturated carbocycles.